The lowest BCUT2D eigenvalue weighted by molar-refractivity contribution is -0.137. The van der Waals surface area contributed by atoms with Crippen LogP contribution in [0.1, 0.15) is 30.9 Å². The molecule has 26 heavy (non-hydrogen) atoms. The van der Waals surface area contributed by atoms with Crippen LogP contribution < -0.4 is 10.0 Å². The van der Waals surface area contributed by atoms with Crippen molar-refractivity contribution in [3.05, 3.63) is 29.3 Å². The molecule has 2 bridgehead atoms. The van der Waals surface area contributed by atoms with Gasteiger partial charge < -0.3 is 5.73 Å². The molecule has 1 heterocycles. The van der Waals surface area contributed by atoms with Crippen LogP contribution >= 0.6 is 0 Å². The van der Waals surface area contributed by atoms with Gasteiger partial charge in [-0.2, -0.15) is 18.4 Å². The quantitative estimate of drug-likeness (QED) is 0.805. The maximum Gasteiger partial charge on any atom is 0.417 e. The summed E-state index contributed by atoms with van der Waals surface area (Å²) in [4.78, 5) is 0. The van der Waals surface area contributed by atoms with E-state index in [4.69, 9.17) is 11.0 Å². The third kappa shape index (κ3) is 2.03. The molecule has 1 aromatic carbocycles. The zero-order valence-corrected chi connectivity index (χ0v) is 14.8. The molecule has 5 atom stereocenters. The largest absolute Gasteiger partial charge is 0.417 e. The minimum atomic E-state index is -4.73. The topological polar surface area (TPSA) is 87.2 Å². The lowest BCUT2D eigenvalue weighted by Crippen LogP contribution is -2.49. The van der Waals surface area contributed by atoms with Crippen molar-refractivity contribution in [2.75, 3.05) is 10.8 Å². The third-order valence-electron chi connectivity index (χ3n) is 6.65. The predicted molar refractivity (Wildman–Crippen MR) is 88.5 cm³/mol. The van der Waals surface area contributed by atoms with Gasteiger partial charge in [0.05, 0.1) is 27.6 Å². The van der Waals surface area contributed by atoms with Gasteiger partial charge in [0.1, 0.15) is 0 Å². The van der Waals surface area contributed by atoms with Crippen molar-refractivity contribution in [1.29, 1.82) is 5.26 Å². The monoisotopic (exact) mass is 385 g/mol. The SMILES string of the molecule is C[C@@]12[C@@H]3C[C@H]([C@H](N)C3)[C@@H]1CN(c1ccc(C#N)c(C(F)(F)F)c1)S2(=O)=O. The van der Waals surface area contributed by atoms with E-state index in [-0.39, 0.29) is 36.0 Å². The van der Waals surface area contributed by atoms with Crippen LogP contribution in [0.3, 0.4) is 0 Å². The van der Waals surface area contributed by atoms with Crippen LogP contribution in [0.4, 0.5) is 18.9 Å². The van der Waals surface area contributed by atoms with Gasteiger partial charge in [-0.25, -0.2) is 8.42 Å². The summed E-state index contributed by atoms with van der Waals surface area (Å²) in [5.74, 6) is -0.181. The Hall–Kier alpha value is -1.79. The van der Waals surface area contributed by atoms with Crippen LogP contribution in [0.25, 0.3) is 0 Å². The second kappa shape index (κ2) is 5.14. The van der Waals surface area contributed by atoms with E-state index < -0.39 is 32.1 Å². The normalized spacial score (nSPS) is 37.6. The molecular formula is C17H18F3N3O2S. The molecule has 140 valence electrons. The van der Waals surface area contributed by atoms with Crippen molar-refractivity contribution >= 4 is 15.7 Å². The molecule has 2 saturated carbocycles. The number of nitrogens with two attached hydrogens (primary N) is 1. The molecule has 0 spiro atoms. The number of sulfonamides is 1. The van der Waals surface area contributed by atoms with E-state index in [9.17, 15) is 21.6 Å². The molecule has 1 aliphatic heterocycles. The van der Waals surface area contributed by atoms with E-state index in [0.29, 0.717) is 6.42 Å². The predicted octanol–water partition coefficient (Wildman–Crippen LogP) is 2.47. The molecule has 4 rings (SSSR count). The number of hydrogen-bond donors (Lipinski definition) is 1. The highest BCUT2D eigenvalue weighted by Crippen LogP contribution is 2.61. The van der Waals surface area contributed by atoms with Gasteiger partial charge >= 0.3 is 6.18 Å². The molecule has 5 nitrogen and oxygen atoms in total. The molecule has 2 aliphatic carbocycles. The highest BCUT2D eigenvalue weighted by Gasteiger charge is 2.69. The average Bonchev–Trinajstić information content (AvgIpc) is 3.13. The van der Waals surface area contributed by atoms with Crippen molar-refractivity contribution in [1.82, 2.24) is 0 Å². The Morgan fingerprint density at radius 3 is 2.65 bits per heavy atom. The number of anilines is 1. The summed E-state index contributed by atoms with van der Waals surface area (Å²) in [6.45, 7) is 1.84. The van der Waals surface area contributed by atoms with E-state index >= 15 is 0 Å². The number of alkyl halides is 3. The average molecular weight is 385 g/mol. The Bertz CT molecular complexity index is 924. The first-order valence-corrected chi connectivity index (χ1v) is 9.85. The number of benzene rings is 1. The molecule has 9 heteroatoms. The van der Waals surface area contributed by atoms with Crippen LogP contribution in [-0.4, -0.2) is 25.8 Å². The van der Waals surface area contributed by atoms with Crippen LogP contribution in [0, 0.1) is 29.1 Å². The maximum absolute atomic E-state index is 13.3. The summed E-state index contributed by atoms with van der Waals surface area (Å²) in [5, 5.41) is 8.92. The van der Waals surface area contributed by atoms with Gasteiger partial charge in [-0.1, -0.05) is 0 Å². The van der Waals surface area contributed by atoms with Gasteiger partial charge in [-0.15, -0.1) is 0 Å². The Morgan fingerprint density at radius 2 is 2.04 bits per heavy atom. The van der Waals surface area contributed by atoms with Crippen LogP contribution in [0.5, 0.6) is 0 Å². The number of nitriles is 1. The summed E-state index contributed by atoms with van der Waals surface area (Å²) >= 11 is 0. The first-order valence-electron chi connectivity index (χ1n) is 8.41. The Labute approximate surface area is 149 Å². The zero-order chi connectivity index (χ0) is 19.1. The van der Waals surface area contributed by atoms with E-state index in [1.54, 1.807) is 6.92 Å². The molecule has 1 saturated heterocycles. The summed E-state index contributed by atoms with van der Waals surface area (Å²) in [7, 11) is -3.83. The van der Waals surface area contributed by atoms with Gasteiger partial charge in [-0.05, 0) is 49.8 Å². The van der Waals surface area contributed by atoms with Crippen LogP contribution in [0.2, 0.25) is 0 Å². The fourth-order valence-corrected chi connectivity index (χ4v) is 7.73. The molecule has 3 fully saturated rings. The van der Waals surface area contributed by atoms with E-state index in [0.717, 1.165) is 22.9 Å². The van der Waals surface area contributed by atoms with Crippen molar-refractivity contribution in [3.8, 4) is 6.07 Å². The molecule has 0 radical (unpaired) electrons. The van der Waals surface area contributed by atoms with Gasteiger partial charge in [0, 0.05) is 18.5 Å². The van der Waals surface area contributed by atoms with Crippen molar-refractivity contribution in [2.45, 2.75) is 36.7 Å². The molecule has 0 aromatic heterocycles. The Morgan fingerprint density at radius 1 is 1.35 bits per heavy atom. The van der Waals surface area contributed by atoms with Gasteiger partial charge in [0.25, 0.3) is 0 Å². The number of nitrogens with zero attached hydrogens (tertiary/aromatic N) is 2. The first kappa shape index (κ1) is 17.6. The molecule has 1 aromatic rings. The minimum absolute atomic E-state index is 0.0417. The number of rotatable bonds is 1. The molecule has 0 amide bonds. The summed E-state index contributed by atoms with van der Waals surface area (Å²) in [6.07, 6.45) is -3.34. The highest BCUT2D eigenvalue weighted by molar-refractivity contribution is 7.94. The van der Waals surface area contributed by atoms with E-state index in [2.05, 4.69) is 0 Å². The summed E-state index contributed by atoms with van der Waals surface area (Å²) < 4.78 is 66.3. The summed E-state index contributed by atoms with van der Waals surface area (Å²) in [6, 6.07) is 4.53. The minimum Gasteiger partial charge on any atom is -0.327 e. The van der Waals surface area contributed by atoms with E-state index in [1.165, 1.54) is 12.1 Å². The zero-order valence-electron chi connectivity index (χ0n) is 14.0. The number of fused-ring (bicyclic) bond motifs is 5. The lowest BCUT2D eigenvalue weighted by Gasteiger charge is -2.35. The van der Waals surface area contributed by atoms with Crippen LogP contribution in [-0.2, 0) is 16.2 Å². The highest BCUT2D eigenvalue weighted by atomic mass is 32.2. The fraction of sp³-hybridized carbons (Fsp3) is 0.588. The fourth-order valence-electron chi connectivity index (χ4n) is 5.26. The summed E-state index contributed by atoms with van der Waals surface area (Å²) in [5.41, 5.74) is 4.45. The number of halogens is 3. The van der Waals surface area contributed by atoms with Gasteiger partial charge in [-0.3, -0.25) is 4.31 Å². The maximum atomic E-state index is 13.3. The third-order valence-corrected chi connectivity index (χ3v) is 9.34. The van der Waals surface area contributed by atoms with Gasteiger partial charge in [0.15, 0.2) is 0 Å². The lowest BCUT2D eigenvalue weighted by atomic mass is 9.77. The molecular weight excluding hydrogens is 367 g/mol. The standard InChI is InChI=1S/C17H18F3N3O2S/c1-16-10-4-12(15(22)5-10)14(16)8-23(26(16,24)25)11-3-2-9(7-21)13(6-11)17(18,19)20/h2-3,6,10,12,14-15H,4-5,8,22H2,1H3/t10-,12+,14+,15-,16-/m1/s1. The molecule has 3 aliphatic rings. The van der Waals surface area contributed by atoms with Crippen LogP contribution in [0.15, 0.2) is 18.2 Å². The van der Waals surface area contributed by atoms with Gasteiger partial charge in [0.2, 0.25) is 10.0 Å². The Balaban J connectivity index is 1.80. The van der Waals surface area contributed by atoms with Crippen molar-refractivity contribution in [3.63, 3.8) is 0 Å². The van der Waals surface area contributed by atoms with Crippen molar-refractivity contribution < 1.29 is 21.6 Å². The second-order valence-electron chi connectivity index (χ2n) is 7.66. The first-order chi connectivity index (χ1) is 12.0. The number of hydrogen-bond acceptors (Lipinski definition) is 4. The smallest absolute Gasteiger partial charge is 0.327 e. The second-order valence-corrected chi connectivity index (χ2v) is 9.93. The Kier molecular flexibility index (Phi) is 3.48. The molecule has 0 unspecified atom stereocenters. The van der Waals surface area contributed by atoms with Crippen molar-refractivity contribution in [2.24, 2.45) is 23.5 Å². The van der Waals surface area contributed by atoms with E-state index in [1.807, 2.05) is 0 Å². The molecule has 2 N–H and O–H groups in total.